The lowest BCUT2D eigenvalue weighted by Gasteiger charge is -2.33. The van der Waals surface area contributed by atoms with Crippen LogP contribution in [0.3, 0.4) is 0 Å². The molecule has 0 aromatic heterocycles. The van der Waals surface area contributed by atoms with Gasteiger partial charge in [-0.25, -0.2) is 0 Å². The minimum Gasteiger partial charge on any atom is -0.356 e. The first-order chi connectivity index (χ1) is 11.5. The normalized spacial score (nSPS) is 24.9. The van der Waals surface area contributed by atoms with Crippen molar-refractivity contribution in [2.24, 2.45) is 17.8 Å². The zero-order valence-electron chi connectivity index (χ0n) is 15.3. The second-order valence-electron chi connectivity index (χ2n) is 8.43. The van der Waals surface area contributed by atoms with E-state index in [1.807, 2.05) is 0 Å². The van der Waals surface area contributed by atoms with Crippen molar-refractivity contribution in [3.8, 4) is 0 Å². The molecule has 5 nitrogen and oxygen atoms in total. The molecular formula is C19H33N3O2. The zero-order valence-corrected chi connectivity index (χ0v) is 15.3. The Kier molecular flexibility index (Phi) is 5.80. The smallest absolute Gasteiger partial charge is 0.237 e. The van der Waals surface area contributed by atoms with Gasteiger partial charge in [-0.3, -0.25) is 14.5 Å². The van der Waals surface area contributed by atoms with E-state index >= 15 is 0 Å². The molecule has 2 amide bonds. The molecule has 3 rings (SSSR count). The minimum absolute atomic E-state index is 0.0600. The molecule has 1 N–H and O–H groups in total. The average Bonchev–Trinajstić information content (AvgIpc) is 3.44. The van der Waals surface area contributed by atoms with Gasteiger partial charge in [-0.2, -0.15) is 0 Å². The summed E-state index contributed by atoms with van der Waals surface area (Å²) in [7, 11) is 0. The van der Waals surface area contributed by atoms with Crippen molar-refractivity contribution < 1.29 is 9.59 Å². The fraction of sp³-hybridized carbons (Fsp3) is 0.895. The molecule has 136 valence electrons. The lowest BCUT2D eigenvalue weighted by Crippen LogP contribution is -2.48. The van der Waals surface area contributed by atoms with Crippen molar-refractivity contribution in [3.05, 3.63) is 0 Å². The van der Waals surface area contributed by atoms with Crippen molar-refractivity contribution in [2.45, 2.75) is 58.4 Å². The maximum atomic E-state index is 12.7. The van der Waals surface area contributed by atoms with Crippen LogP contribution in [0.5, 0.6) is 0 Å². The van der Waals surface area contributed by atoms with Crippen LogP contribution in [0.25, 0.3) is 0 Å². The van der Waals surface area contributed by atoms with E-state index in [0.29, 0.717) is 18.5 Å². The third kappa shape index (κ3) is 5.20. The molecule has 0 spiro atoms. The SMILES string of the molecule is CC(C)CN(C(=O)CN1CCCC(C(=O)NCC2CC2)C1)C1CC1. The summed E-state index contributed by atoms with van der Waals surface area (Å²) in [5.74, 6) is 1.74. The van der Waals surface area contributed by atoms with E-state index in [2.05, 4.69) is 29.0 Å². The van der Waals surface area contributed by atoms with Crippen molar-refractivity contribution in [2.75, 3.05) is 32.7 Å². The lowest BCUT2D eigenvalue weighted by molar-refractivity contribution is -0.135. The van der Waals surface area contributed by atoms with Gasteiger partial charge in [-0.05, 0) is 56.9 Å². The molecule has 24 heavy (non-hydrogen) atoms. The molecular weight excluding hydrogens is 302 g/mol. The lowest BCUT2D eigenvalue weighted by atomic mass is 9.97. The third-order valence-corrected chi connectivity index (χ3v) is 5.37. The van der Waals surface area contributed by atoms with Gasteiger partial charge in [0.25, 0.3) is 0 Å². The Bertz CT molecular complexity index is 458. The van der Waals surface area contributed by atoms with Gasteiger partial charge in [0.2, 0.25) is 11.8 Å². The Morgan fingerprint density at radius 2 is 1.92 bits per heavy atom. The van der Waals surface area contributed by atoms with E-state index in [9.17, 15) is 9.59 Å². The van der Waals surface area contributed by atoms with Gasteiger partial charge in [0.05, 0.1) is 12.5 Å². The molecule has 0 aromatic carbocycles. The number of hydrogen-bond acceptors (Lipinski definition) is 3. The van der Waals surface area contributed by atoms with Crippen LogP contribution in [0, 0.1) is 17.8 Å². The van der Waals surface area contributed by atoms with Crippen molar-refractivity contribution >= 4 is 11.8 Å². The third-order valence-electron chi connectivity index (χ3n) is 5.37. The fourth-order valence-corrected chi connectivity index (χ4v) is 3.64. The summed E-state index contributed by atoms with van der Waals surface area (Å²) in [6.45, 7) is 8.21. The molecule has 3 fully saturated rings. The van der Waals surface area contributed by atoms with Crippen LogP contribution in [0.15, 0.2) is 0 Å². The van der Waals surface area contributed by atoms with Crippen LogP contribution in [0.4, 0.5) is 0 Å². The topological polar surface area (TPSA) is 52.7 Å². The highest BCUT2D eigenvalue weighted by Gasteiger charge is 2.34. The quantitative estimate of drug-likeness (QED) is 0.737. The van der Waals surface area contributed by atoms with E-state index in [1.54, 1.807) is 0 Å². The molecule has 2 saturated carbocycles. The van der Waals surface area contributed by atoms with Crippen LogP contribution in [-0.4, -0.2) is 60.4 Å². The number of rotatable bonds is 8. The number of carbonyl (C=O) groups excluding carboxylic acids is 2. The Morgan fingerprint density at radius 3 is 2.54 bits per heavy atom. The van der Waals surface area contributed by atoms with E-state index in [4.69, 9.17) is 0 Å². The summed E-state index contributed by atoms with van der Waals surface area (Å²) in [5, 5.41) is 3.10. The van der Waals surface area contributed by atoms with Crippen LogP contribution < -0.4 is 5.32 Å². The largest absolute Gasteiger partial charge is 0.356 e. The summed E-state index contributed by atoms with van der Waals surface area (Å²) in [6, 6.07) is 0.474. The first-order valence-corrected chi connectivity index (χ1v) is 9.82. The molecule has 1 unspecified atom stereocenters. The average molecular weight is 335 g/mol. The Balaban J connectivity index is 1.46. The van der Waals surface area contributed by atoms with E-state index < -0.39 is 0 Å². The van der Waals surface area contributed by atoms with Crippen molar-refractivity contribution in [1.82, 2.24) is 15.1 Å². The second-order valence-corrected chi connectivity index (χ2v) is 8.43. The highest BCUT2D eigenvalue weighted by molar-refractivity contribution is 5.80. The highest BCUT2D eigenvalue weighted by atomic mass is 16.2. The Labute approximate surface area is 146 Å². The van der Waals surface area contributed by atoms with E-state index in [1.165, 1.54) is 12.8 Å². The van der Waals surface area contributed by atoms with Crippen molar-refractivity contribution in [1.29, 1.82) is 0 Å². The maximum Gasteiger partial charge on any atom is 0.237 e. The number of piperidine rings is 1. The van der Waals surface area contributed by atoms with Crippen LogP contribution in [0.1, 0.15) is 52.4 Å². The molecule has 1 atom stereocenters. The number of likely N-dealkylation sites (tertiary alicyclic amines) is 1. The number of amides is 2. The summed E-state index contributed by atoms with van der Waals surface area (Å²) < 4.78 is 0. The summed E-state index contributed by atoms with van der Waals surface area (Å²) >= 11 is 0. The van der Waals surface area contributed by atoms with Gasteiger partial charge >= 0.3 is 0 Å². The number of hydrogen-bond donors (Lipinski definition) is 1. The second kappa shape index (κ2) is 7.85. The number of carbonyl (C=O) groups is 2. The molecule has 0 radical (unpaired) electrons. The van der Waals surface area contributed by atoms with Crippen LogP contribution >= 0.6 is 0 Å². The standard InChI is InChI=1S/C19H33N3O2/c1-14(2)11-22(17-7-8-17)18(23)13-21-9-3-4-16(12-21)19(24)20-10-15-5-6-15/h14-17H,3-13H2,1-2H3,(H,20,24). The van der Waals surface area contributed by atoms with E-state index in [-0.39, 0.29) is 17.7 Å². The van der Waals surface area contributed by atoms with Gasteiger partial charge in [-0.15, -0.1) is 0 Å². The van der Waals surface area contributed by atoms with Gasteiger partial charge in [0.1, 0.15) is 0 Å². The molecule has 2 aliphatic carbocycles. The van der Waals surface area contributed by atoms with Gasteiger partial charge in [0.15, 0.2) is 0 Å². The number of nitrogens with one attached hydrogen (secondary N) is 1. The van der Waals surface area contributed by atoms with Gasteiger partial charge in [-0.1, -0.05) is 13.8 Å². The molecule has 1 aliphatic heterocycles. The highest BCUT2D eigenvalue weighted by Crippen LogP contribution is 2.29. The van der Waals surface area contributed by atoms with Crippen molar-refractivity contribution in [3.63, 3.8) is 0 Å². The summed E-state index contributed by atoms with van der Waals surface area (Å²) in [6.07, 6.45) is 6.81. The van der Waals surface area contributed by atoms with Crippen LogP contribution in [0.2, 0.25) is 0 Å². The zero-order chi connectivity index (χ0) is 17.1. The van der Waals surface area contributed by atoms with Gasteiger partial charge in [0, 0.05) is 25.7 Å². The molecule has 1 heterocycles. The molecule has 0 bridgehead atoms. The predicted octanol–water partition coefficient (Wildman–Crippen LogP) is 1.87. The summed E-state index contributed by atoms with van der Waals surface area (Å²) in [4.78, 5) is 29.3. The molecule has 0 aromatic rings. The fourth-order valence-electron chi connectivity index (χ4n) is 3.64. The monoisotopic (exact) mass is 335 g/mol. The number of nitrogens with zero attached hydrogens (tertiary/aromatic N) is 2. The summed E-state index contributed by atoms with van der Waals surface area (Å²) in [5.41, 5.74) is 0. The maximum absolute atomic E-state index is 12.7. The molecule has 5 heteroatoms. The molecule has 1 saturated heterocycles. The van der Waals surface area contributed by atoms with Crippen LogP contribution in [-0.2, 0) is 9.59 Å². The predicted molar refractivity (Wildman–Crippen MR) is 94.5 cm³/mol. The minimum atomic E-state index is 0.0600. The first kappa shape index (κ1) is 17.7. The Morgan fingerprint density at radius 1 is 1.17 bits per heavy atom. The Hall–Kier alpha value is -1.10. The van der Waals surface area contributed by atoms with Gasteiger partial charge < -0.3 is 10.2 Å². The molecule has 3 aliphatic rings. The first-order valence-electron chi connectivity index (χ1n) is 9.82. The van der Waals surface area contributed by atoms with E-state index in [0.717, 1.165) is 57.8 Å².